The third-order valence-corrected chi connectivity index (χ3v) is 5.37. The van der Waals surface area contributed by atoms with Crippen LogP contribution in [-0.2, 0) is 4.74 Å². The maximum atomic E-state index is 14.8. The van der Waals surface area contributed by atoms with E-state index in [1.807, 2.05) is 29.1 Å². The lowest BCUT2D eigenvalue weighted by Crippen LogP contribution is -2.36. The maximum Gasteiger partial charge on any atom is 0.227 e. The molecule has 8 heteroatoms. The van der Waals surface area contributed by atoms with Crippen molar-refractivity contribution in [3.05, 3.63) is 48.5 Å². The number of anilines is 3. The lowest BCUT2D eigenvalue weighted by Gasteiger charge is -2.29. The van der Waals surface area contributed by atoms with Crippen molar-refractivity contribution in [1.82, 2.24) is 19.7 Å². The zero-order chi connectivity index (χ0) is 20.7. The Hall–Kier alpha value is -3.26. The molecule has 5 rings (SSSR count). The van der Waals surface area contributed by atoms with E-state index in [0.717, 1.165) is 40.6 Å². The second-order valence-corrected chi connectivity index (χ2v) is 7.71. The lowest BCUT2D eigenvalue weighted by atomic mass is 10.2. The van der Waals surface area contributed by atoms with Crippen LogP contribution in [0.2, 0.25) is 0 Å². The van der Waals surface area contributed by atoms with Gasteiger partial charge in [0, 0.05) is 41.8 Å². The Bertz CT molecular complexity index is 1220. The Morgan fingerprint density at radius 2 is 1.87 bits per heavy atom. The Morgan fingerprint density at radius 3 is 2.63 bits per heavy atom. The summed E-state index contributed by atoms with van der Waals surface area (Å²) in [4.78, 5) is 11.2. The fourth-order valence-corrected chi connectivity index (χ4v) is 3.82. The summed E-state index contributed by atoms with van der Waals surface area (Å²) in [6, 6.07) is 9.37. The molecule has 2 aromatic carbocycles. The van der Waals surface area contributed by atoms with Gasteiger partial charge in [-0.25, -0.2) is 14.4 Å². The van der Waals surface area contributed by atoms with Gasteiger partial charge < -0.3 is 15.0 Å². The molecule has 2 aromatic heterocycles. The van der Waals surface area contributed by atoms with E-state index < -0.39 is 0 Å². The molecule has 7 nitrogen and oxygen atoms in total. The Labute approximate surface area is 173 Å². The molecule has 1 N–H and O–H groups in total. The van der Waals surface area contributed by atoms with Gasteiger partial charge >= 0.3 is 0 Å². The highest BCUT2D eigenvalue weighted by molar-refractivity contribution is 6.03. The van der Waals surface area contributed by atoms with Crippen LogP contribution < -0.4 is 10.2 Å². The van der Waals surface area contributed by atoms with Crippen molar-refractivity contribution >= 4 is 39.1 Å². The van der Waals surface area contributed by atoms with E-state index in [4.69, 9.17) is 9.72 Å². The van der Waals surface area contributed by atoms with E-state index in [9.17, 15) is 4.39 Å². The first-order valence-corrected chi connectivity index (χ1v) is 10.1. The molecular weight excluding hydrogens is 383 g/mol. The van der Waals surface area contributed by atoms with Gasteiger partial charge in [-0.1, -0.05) is 12.1 Å². The minimum atomic E-state index is -0.340. The molecule has 30 heavy (non-hydrogen) atoms. The molecule has 154 valence electrons. The average molecular weight is 406 g/mol. The number of fused-ring (bicyclic) bond motifs is 3. The molecule has 0 spiro atoms. The summed E-state index contributed by atoms with van der Waals surface area (Å²) in [5.74, 6) is 0.0117. The number of nitrogens with zero attached hydrogens (tertiary/aromatic N) is 5. The molecule has 1 aliphatic rings. The normalized spacial score (nSPS) is 14.7. The molecule has 1 fully saturated rings. The van der Waals surface area contributed by atoms with Gasteiger partial charge in [0.05, 0.1) is 30.6 Å². The van der Waals surface area contributed by atoms with E-state index in [2.05, 4.69) is 34.1 Å². The van der Waals surface area contributed by atoms with Crippen molar-refractivity contribution in [2.45, 2.75) is 19.9 Å². The van der Waals surface area contributed by atoms with E-state index in [1.54, 1.807) is 18.3 Å². The number of hydrogen-bond acceptors (Lipinski definition) is 6. The third kappa shape index (κ3) is 3.33. The van der Waals surface area contributed by atoms with Crippen LogP contribution in [0.25, 0.3) is 21.8 Å². The summed E-state index contributed by atoms with van der Waals surface area (Å²) in [7, 11) is 0. The highest BCUT2D eigenvalue weighted by Crippen LogP contribution is 2.28. The third-order valence-electron chi connectivity index (χ3n) is 5.37. The molecule has 0 amide bonds. The molecule has 0 aliphatic carbocycles. The van der Waals surface area contributed by atoms with Gasteiger partial charge in [0.25, 0.3) is 0 Å². The van der Waals surface area contributed by atoms with Gasteiger partial charge in [0.15, 0.2) is 0 Å². The topological polar surface area (TPSA) is 68.1 Å². The van der Waals surface area contributed by atoms with Crippen LogP contribution in [0, 0.1) is 5.82 Å². The number of morpholine rings is 1. The number of benzene rings is 2. The molecule has 0 saturated carbocycles. The van der Waals surface area contributed by atoms with Crippen LogP contribution in [0.15, 0.2) is 42.7 Å². The molecule has 0 bridgehead atoms. The second-order valence-electron chi connectivity index (χ2n) is 7.71. The summed E-state index contributed by atoms with van der Waals surface area (Å²) < 4.78 is 22.1. The summed E-state index contributed by atoms with van der Waals surface area (Å²) in [6.07, 6.45) is 3.59. The fourth-order valence-electron chi connectivity index (χ4n) is 3.82. The number of ether oxygens (including phenoxy) is 1. The predicted molar refractivity (Wildman–Crippen MR) is 116 cm³/mol. The molecule has 3 heterocycles. The Morgan fingerprint density at radius 1 is 1.07 bits per heavy atom. The summed E-state index contributed by atoms with van der Waals surface area (Å²) in [6.45, 7) is 7.01. The van der Waals surface area contributed by atoms with E-state index >= 15 is 0 Å². The van der Waals surface area contributed by atoms with Gasteiger partial charge in [-0.3, -0.25) is 4.68 Å². The molecular formula is C22H23FN6O. The van der Waals surface area contributed by atoms with E-state index in [1.165, 1.54) is 0 Å². The van der Waals surface area contributed by atoms with Crippen molar-refractivity contribution in [1.29, 1.82) is 0 Å². The number of halogens is 1. The van der Waals surface area contributed by atoms with Crippen LogP contribution in [0.3, 0.4) is 0 Å². The fraction of sp³-hybridized carbons (Fsp3) is 0.318. The van der Waals surface area contributed by atoms with Gasteiger partial charge in [0.2, 0.25) is 5.95 Å². The number of hydrogen-bond donors (Lipinski definition) is 1. The smallest absolute Gasteiger partial charge is 0.227 e. The summed E-state index contributed by atoms with van der Waals surface area (Å²) >= 11 is 0. The van der Waals surface area contributed by atoms with Crippen LogP contribution in [-0.4, -0.2) is 46.1 Å². The Kier molecular flexibility index (Phi) is 4.71. The molecule has 1 aliphatic heterocycles. The van der Waals surface area contributed by atoms with Crippen molar-refractivity contribution < 1.29 is 9.13 Å². The van der Waals surface area contributed by atoms with Crippen LogP contribution in [0.1, 0.15) is 19.9 Å². The predicted octanol–water partition coefficient (Wildman–Crippen LogP) is 4.28. The zero-order valence-corrected chi connectivity index (χ0v) is 17.0. The van der Waals surface area contributed by atoms with E-state index in [0.29, 0.717) is 24.8 Å². The number of nitrogens with one attached hydrogen (secondary N) is 1. The average Bonchev–Trinajstić information content (AvgIpc) is 3.21. The summed E-state index contributed by atoms with van der Waals surface area (Å²) in [5.41, 5.74) is 2.94. The first-order valence-electron chi connectivity index (χ1n) is 10.1. The molecule has 1 saturated heterocycles. The minimum absolute atomic E-state index is 0.199. The van der Waals surface area contributed by atoms with Crippen molar-refractivity contribution in [2.24, 2.45) is 0 Å². The lowest BCUT2D eigenvalue weighted by molar-refractivity contribution is 0.122. The van der Waals surface area contributed by atoms with Crippen molar-refractivity contribution in [3.63, 3.8) is 0 Å². The highest BCUT2D eigenvalue weighted by atomic mass is 19.1. The first kappa shape index (κ1) is 18.7. The Balaban J connectivity index is 1.49. The molecule has 0 atom stereocenters. The van der Waals surface area contributed by atoms with E-state index in [-0.39, 0.29) is 11.9 Å². The van der Waals surface area contributed by atoms with Gasteiger partial charge in [-0.2, -0.15) is 5.10 Å². The molecule has 4 aromatic rings. The monoisotopic (exact) mass is 406 g/mol. The van der Waals surface area contributed by atoms with Gasteiger partial charge in [-0.15, -0.1) is 0 Å². The van der Waals surface area contributed by atoms with Crippen LogP contribution in [0.4, 0.5) is 21.7 Å². The minimum Gasteiger partial charge on any atom is -0.378 e. The van der Waals surface area contributed by atoms with Crippen LogP contribution in [0.5, 0.6) is 0 Å². The number of rotatable bonds is 4. The molecule has 0 unspecified atom stereocenters. The SMILES string of the molecule is CC(C)n1ncc2ccc3cnc(Nc4ccc(N5CCOCC5)cc4F)nc3c21. The standard InChI is InChI=1S/C22H23FN6O/c1-14(2)29-21-16(13-25-29)4-3-15-12-24-22(27-20(15)21)26-19-6-5-17(11-18(19)23)28-7-9-30-10-8-28/h3-6,11-14H,7-10H2,1-2H3,(H,24,26,27). The second kappa shape index (κ2) is 7.53. The van der Waals surface area contributed by atoms with Gasteiger partial charge in [-0.05, 0) is 32.0 Å². The zero-order valence-electron chi connectivity index (χ0n) is 17.0. The summed E-state index contributed by atoms with van der Waals surface area (Å²) in [5, 5.41) is 9.45. The van der Waals surface area contributed by atoms with Crippen molar-refractivity contribution in [2.75, 3.05) is 36.5 Å². The maximum absolute atomic E-state index is 14.8. The van der Waals surface area contributed by atoms with Crippen molar-refractivity contribution in [3.8, 4) is 0 Å². The number of aromatic nitrogens is 4. The van der Waals surface area contributed by atoms with Crippen LogP contribution >= 0.6 is 0 Å². The first-order chi connectivity index (χ1) is 14.6. The highest BCUT2D eigenvalue weighted by Gasteiger charge is 2.15. The quantitative estimate of drug-likeness (QED) is 0.546. The molecule has 0 radical (unpaired) electrons. The largest absolute Gasteiger partial charge is 0.378 e. The van der Waals surface area contributed by atoms with Gasteiger partial charge in [0.1, 0.15) is 11.3 Å².